The van der Waals surface area contributed by atoms with E-state index in [9.17, 15) is 0 Å². The highest BCUT2D eigenvalue weighted by Crippen LogP contribution is 2.13. The van der Waals surface area contributed by atoms with Gasteiger partial charge in [0.05, 0.1) is 6.17 Å². The van der Waals surface area contributed by atoms with Gasteiger partial charge in [-0.05, 0) is 31.6 Å². The molecule has 2 N–H and O–H groups in total. The molecule has 1 atom stereocenters. The summed E-state index contributed by atoms with van der Waals surface area (Å²) in [4.78, 5) is 2.00. The molecule has 0 aliphatic rings. The molecule has 0 amide bonds. The normalized spacial score (nSPS) is 13.3. The Balaban J connectivity index is 2.79. The predicted octanol–water partition coefficient (Wildman–Crippen LogP) is 1.77. The van der Waals surface area contributed by atoms with Crippen molar-refractivity contribution in [3.05, 3.63) is 35.4 Å². The second-order valence-electron chi connectivity index (χ2n) is 3.50. The number of nitrogens with two attached hydrogens (primary N) is 1. The molecule has 0 saturated carbocycles. The molecule has 0 heterocycles. The lowest BCUT2D eigenvalue weighted by atomic mass is 10.1. The van der Waals surface area contributed by atoms with Gasteiger partial charge in [-0.25, -0.2) is 0 Å². The SMILES string of the molecule is CCc1ccc(C(N)N(C)C)cc1. The number of hydrogen-bond acceptors (Lipinski definition) is 2. The van der Waals surface area contributed by atoms with Crippen LogP contribution in [0.3, 0.4) is 0 Å². The van der Waals surface area contributed by atoms with Gasteiger partial charge in [0.1, 0.15) is 0 Å². The molecule has 72 valence electrons. The van der Waals surface area contributed by atoms with Crippen LogP contribution in [0, 0.1) is 0 Å². The van der Waals surface area contributed by atoms with E-state index in [1.807, 2.05) is 19.0 Å². The Morgan fingerprint density at radius 2 is 1.77 bits per heavy atom. The van der Waals surface area contributed by atoms with E-state index < -0.39 is 0 Å². The van der Waals surface area contributed by atoms with E-state index in [4.69, 9.17) is 5.73 Å². The van der Waals surface area contributed by atoms with Crippen molar-refractivity contribution in [3.8, 4) is 0 Å². The van der Waals surface area contributed by atoms with Crippen LogP contribution in [0.1, 0.15) is 24.2 Å². The Morgan fingerprint density at radius 1 is 1.23 bits per heavy atom. The second kappa shape index (κ2) is 4.40. The molecule has 0 saturated heterocycles. The number of hydrogen-bond donors (Lipinski definition) is 1. The van der Waals surface area contributed by atoms with Gasteiger partial charge < -0.3 is 5.73 Å². The molecule has 0 bridgehead atoms. The quantitative estimate of drug-likeness (QED) is 0.715. The fourth-order valence-electron chi connectivity index (χ4n) is 1.25. The van der Waals surface area contributed by atoms with Gasteiger partial charge in [-0.15, -0.1) is 0 Å². The van der Waals surface area contributed by atoms with Crippen molar-refractivity contribution in [2.24, 2.45) is 5.73 Å². The molecular formula is C11H18N2. The van der Waals surface area contributed by atoms with E-state index in [2.05, 4.69) is 31.2 Å². The average molecular weight is 178 g/mol. The van der Waals surface area contributed by atoms with Crippen molar-refractivity contribution in [1.29, 1.82) is 0 Å². The van der Waals surface area contributed by atoms with Crippen LogP contribution in [0.2, 0.25) is 0 Å². The van der Waals surface area contributed by atoms with E-state index in [-0.39, 0.29) is 6.17 Å². The maximum Gasteiger partial charge on any atom is 0.0830 e. The van der Waals surface area contributed by atoms with Crippen LogP contribution in [0.15, 0.2) is 24.3 Å². The number of rotatable bonds is 3. The summed E-state index contributed by atoms with van der Waals surface area (Å²) in [6, 6.07) is 8.48. The Labute approximate surface area is 80.4 Å². The summed E-state index contributed by atoms with van der Waals surface area (Å²) >= 11 is 0. The summed E-state index contributed by atoms with van der Waals surface area (Å²) < 4.78 is 0. The van der Waals surface area contributed by atoms with Crippen LogP contribution in [-0.2, 0) is 6.42 Å². The summed E-state index contributed by atoms with van der Waals surface area (Å²) in [5.41, 5.74) is 8.48. The van der Waals surface area contributed by atoms with Crippen molar-refractivity contribution in [2.75, 3.05) is 14.1 Å². The van der Waals surface area contributed by atoms with Gasteiger partial charge in [0.25, 0.3) is 0 Å². The smallest absolute Gasteiger partial charge is 0.0830 e. The summed E-state index contributed by atoms with van der Waals surface area (Å²) in [6.45, 7) is 2.15. The molecule has 1 unspecified atom stereocenters. The minimum Gasteiger partial charge on any atom is -0.312 e. The van der Waals surface area contributed by atoms with Crippen LogP contribution < -0.4 is 5.73 Å². The summed E-state index contributed by atoms with van der Waals surface area (Å²) in [7, 11) is 3.97. The molecule has 1 aromatic carbocycles. The Bertz CT molecular complexity index is 251. The summed E-state index contributed by atoms with van der Waals surface area (Å²) in [5.74, 6) is 0. The van der Waals surface area contributed by atoms with Gasteiger partial charge in [-0.1, -0.05) is 31.2 Å². The third-order valence-electron chi connectivity index (χ3n) is 2.29. The van der Waals surface area contributed by atoms with Crippen LogP contribution in [-0.4, -0.2) is 19.0 Å². The topological polar surface area (TPSA) is 29.3 Å². The monoisotopic (exact) mass is 178 g/mol. The zero-order valence-electron chi connectivity index (χ0n) is 8.62. The lowest BCUT2D eigenvalue weighted by Gasteiger charge is -2.19. The first-order valence-electron chi connectivity index (χ1n) is 4.66. The standard InChI is InChI=1S/C11H18N2/c1-4-9-5-7-10(8-6-9)11(12)13(2)3/h5-8,11H,4,12H2,1-3H3. The molecule has 2 nitrogen and oxygen atoms in total. The third kappa shape index (κ3) is 2.54. The van der Waals surface area contributed by atoms with Crippen molar-refractivity contribution in [1.82, 2.24) is 4.90 Å². The fourth-order valence-corrected chi connectivity index (χ4v) is 1.25. The molecule has 0 aliphatic heterocycles. The lowest BCUT2D eigenvalue weighted by Crippen LogP contribution is -2.27. The van der Waals surface area contributed by atoms with Gasteiger partial charge in [-0.3, -0.25) is 4.90 Å². The molecule has 0 spiro atoms. The largest absolute Gasteiger partial charge is 0.312 e. The molecular weight excluding hydrogens is 160 g/mol. The Kier molecular flexibility index (Phi) is 3.46. The van der Waals surface area contributed by atoms with Crippen LogP contribution in [0.4, 0.5) is 0 Å². The minimum atomic E-state index is 0.00547. The zero-order valence-corrected chi connectivity index (χ0v) is 8.62. The van der Waals surface area contributed by atoms with Crippen molar-refractivity contribution in [2.45, 2.75) is 19.5 Å². The molecule has 1 aromatic rings. The Hall–Kier alpha value is -0.860. The molecule has 13 heavy (non-hydrogen) atoms. The van der Waals surface area contributed by atoms with Gasteiger partial charge in [-0.2, -0.15) is 0 Å². The highest BCUT2D eigenvalue weighted by Gasteiger charge is 2.06. The minimum absolute atomic E-state index is 0.00547. The first-order valence-corrected chi connectivity index (χ1v) is 4.66. The van der Waals surface area contributed by atoms with E-state index in [1.165, 1.54) is 11.1 Å². The Morgan fingerprint density at radius 3 is 2.15 bits per heavy atom. The highest BCUT2D eigenvalue weighted by molar-refractivity contribution is 5.24. The first-order chi connectivity index (χ1) is 6.15. The van der Waals surface area contributed by atoms with Gasteiger partial charge in [0.15, 0.2) is 0 Å². The molecule has 2 heteroatoms. The van der Waals surface area contributed by atoms with Crippen LogP contribution in [0.25, 0.3) is 0 Å². The van der Waals surface area contributed by atoms with Crippen LogP contribution >= 0.6 is 0 Å². The maximum atomic E-state index is 5.96. The molecule has 0 aliphatic carbocycles. The van der Waals surface area contributed by atoms with Gasteiger partial charge in [0, 0.05) is 0 Å². The molecule has 0 fully saturated rings. The number of nitrogens with zero attached hydrogens (tertiary/aromatic N) is 1. The zero-order chi connectivity index (χ0) is 9.84. The van der Waals surface area contributed by atoms with Crippen molar-refractivity contribution in [3.63, 3.8) is 0 Å². The second-order valence-corrected chi connectivity index (χ2v) is 3.50. The fraction of sp³-hybridized carbons (Fsp3) is 0.455. The number of benzene rings is 1. The van der Waals surface area contributed by atoms with Crippen molar-refractivity contribution < 1.29 is 0 Å². The molecule has 0 radical (unpaired) electrons. The lowest BCUT2D eigenvalue weighted by molar-refractivity contribution is 0.307. The molecule has 1 rings (SSSR count). The first kappa shape index (κ1) is 10.2. The highest BCUT2D eigenvalue weighted by atomic mass is 15.2. The van der Waals surface area contributed by atoms with Crippen LogP contribution in [0.5, 0.6) is 0 Å². The van der Waals surface area contributed by atoms with E-state index in [0.29, 0.717) is 0 Å². The van der Waals surface area contributed by atoms with Gasteiger partial charge in [0.2, 0.25) is 0 Å². The van der Waals surface area contributed by atoms with Crippen molar-refractivity contribution >= 4 is 0 Å². The molecule has 0 aromatic heterocycles. The average Bonchev–Trinajstić information content (AvgIpc) is 2.17. The third-order valence-corrected chi connectivity index (χ3v) is 2.29. The number of aryl methyl sites for hydroxylation is 1. The van der Waals surface area contributed by atoms with E-state index >= 15 is 0 Å². The van der Waals surface area contributed by atoms with E-state index in [1.54, 1.807) is 0 Å². The van der Waals surface area contributed by atoms with Gasteiger partial charge >= 0.3 is 0 Å². The maximum absolute atomic E-state index is 5.96. The summed E-state index contributed by atoms with van der Waals surface area (Å²) in [5, 5.41) is 0. The summed E-state index contributed by atoms with van der Waals surface area (Å²) in [6.07, 6.45) is 1.09. The predicted molar refractivity (Wildman–Crippen MR) is 56.4 cm³/mol. The van der Waals surface area contributed by atoms with E-state index in [0.717, 1.165) is 6.42 Å².